The van der Waals surface area contributed by atoms with Crippen LogP contribution in [-0.4, -0.2) is 26.0 Å². The molecule has 0 atom stereocenters. The summed E-state index contributed by atoms with van der Waals surface area (Å²) in [6.07, 6.45) is 0. The van der Waals surface area contributed by atoms with Gasteiger partial charge >= 0.3 is 0 Å². The van der Waals surface area contributed by atoms with E-state index in [1.807, 2.05) is 24.3 Å². The van der Waals surface area contributed by atoms with E-state index in [1.165, 1.54) is 0 Å². The molecule has 2 aromatic carbocycles. The van der Waals surface area contributed by atoms with Crippen LogP contribution in [-0.2, 0) is 4.84 Å². The summed E-state index contributed by atoms with van der Waals surface area (Å²) in [5.41, 5.74) is 2.53. The van der Waals surface area contributed by atoms with E-state index in [-0.39, 0.29) is 5.92 Å². The Morgan fingerprint density at radius 2 is 1.48 bits per heavy atom. The second-order valence-corrected chi connectivity index (χ2v) is 5.67. The molecule has 0 fully saturated rings. The van der Waals surface area contributed by atoms with Crippen LogP contribution < -0.4 is 9.47 Å². The van der Waals surface area contributed by atoms with E-state index in [4.69, 9.17) is 19.6 Å². The molecule has 5 nitrogen and oxygen atoms in total. The Kier molecular flexibility index (Phi) is 6.85. The van der Waals surface area contributed by atoms with E-state index in [0.717, 1.165) is 22.8 Å². The number of benzene rings is 2. The molecule has 0 spiro atoms. The smallest absolute Gasteiger partial charge is 0.122 e. The maximum absolute atomic E-state index is 8.76. The number of nitriles is 1. The fourth-order valence-electron chi connectivity index (χ4n) is 2.26. The highest BCUT2D eigenvalue weighted by molar-refractivity contribution is 6.01. The van der Waals surface area contributed by atoms with Gasteiger partial charge in [0.2, 0.25) is 0 Å². The van der Waals surface area contributed by atoms with Crippen molar-refractivity contribution in [2.75, 3.05) is 20.3 Å². The average Bonchev–Trinajstić information content (AvgIpc) is 2.64. The van der Waals surface area contributed by atoms with E-state index >= 15 is 0 Å². The largest absolute Gasteiger partial charge is 0.490 e. The third-order valence-electron chi connectivity index (χ3n) is 3.49. The van der Waals surface area contributed by atoms with Crippen LogP contribution in [0.5, 0.6) is 11.5 Å². The van der Waals surface area contributed by atoms with E-state index in [1.54, 1.807) is 31.4 Å². The zero-order valence-corrected chi connectivity index (χ0v) is 14.7. The molecule has 130 valence electrons. The second kappa shape index (κ2) is 9.33. The number of hydrogen-bond donors (Lipinski definition) is 0. The van der Waals surface area contributed by atoms with Crippen LogP contribution in [0.3, 0.4) is 0 Å². The van der Waals surface area contributed by atoms with Crippen molar-refractivity contribution in [3.8, 4) is 17.6 Å². The molecular weight excluding hydrogens is 316 g/mol. The first-order valence-electron chi connectivity index (χ1n) is 8.11. The number of hydrogen-bond acceptors (Lipinski definition) is 5. The Balaban J connectivity index is 1.83. The highest BCUT2D eigenvalue weighted by atomic mass is 16.6. The first-order chi connectivity index (χ1) is 12.1. The molecule has 0 saturated heterocycles. The van der Waals surface area contributed by atoms with Gasteiger partial charge in [-0.3, -0.25) is 0 Å². The Morgan fingerprint density at radius 3 is 1.92 bits per heavy atom. The molecule has 0 aromatic heterocycles. The summed E-state index contributed by atoms with van der Waals surface area (Å²) in [4.78, 5) is 4.91. The van der Waals surface area contributed by atoms with Crippen molar-refractivity contribution in [3.05, 3.63) is 59.7 Å². The number of nitrogens with zero attached hydrogens (tertiary/aromatic N) is 2. The summed E-state index contributed by atoms with van der Waals surface area (Å²) >= 11 is 0. The van der Waals surface area contributed by atoms with E-state index in [2.05, 4.69) is 25.1 Å². The zero-order chi connectivity index (χ0) is 18.1. The van der Waals surface area contributed by atoms with Crippen LogP contribution in [0.4, 0.5) is 0 Å². The first-order valence-corrected chi connectivity index (χ1v) is 8.11. The SMILES string of the molecule is CO/N=C(\c1ccc(OCCOc2ccc(C#N)cc2)cc1)C(C)C. The molecule has 0 radical (unpaired) electrons. The van der Waals surface area contributed by atoms with Gasteiger partial charge in [-0.25, -0.2) is 0 Å². The molecule has 0 aliphatic carbocycles. The molecule has 0 N–H and O–H groups in total. The number of oxime groups is 1. The summed E-state index contributed by atoms with van der Waals surface area (Å²) in [7, 11) is 1.55. The van der Waals surface area contributed by atoms with Crippen LogP contribution in [0.15, 0.2) is 53.7 Å². The van der Waals surface area contributed by atoms with Gasteiger partial charge in [0.15, 0.2) is 0 Å². The molecule has 2 rings (SSSR count). The highest BCUT2D eigenvalue weighted by Gasteiger charge is 2.09. The van der Waals surface area contributed by atoms with Crippen LogP contribution in [0.1, 0.15) is 25.0 Å². The summed E-state index contributed by atoms with van der Waals surface area (Å²) in [5.74, 6) is 1.76. The van der Waals surface area contributed by atoms with Gasteiger partial charge < -0.3 is 14.3 Å². The molecule has 0 aliphatic rings. The predicted octanol–water partition coefficient (Wildman–Crippen LogP) is 4.02. The molecule has 0 saturated carbocycles. The van der Waals surface area contributed by atoms with Crippen molar-refractivity contribution in [2.24, 2.45) is 11.1 Å². The molecule has 5 heteroatoms. The van der Waals surface area contributed by atoms with Crippen molar-refractivity contribution in [1.29, 1.82) is 5.26 Å². The zero-order valence-electron chi connectivity index (χ0n) is 14.7. The van der Waals surface area contributed by atoms with Crippen LogP contribution in [0, 0.1) is 17.2 Å². The lowest BCUT2D eigenvalue weighted by molar-refractivity contribution is 0.212. The normalized spacial score (nSPS) is 11.1. The lowest BCUT2D eigenvalue weighted by Crippen LogP contribution is -2.11. The minimum Gasteiger partial charge on any atom is -0.490 e. The second-order valence-electron chi connectivity index (χ2n) is 5.67. The molecule has 0 amide bonds. The fourth-order valence-corrected chi connectivity index (χ4v) is 2.26. The van der Waals surface area contributed by atoms with Crippen molar-refractivity contribution >= 4 is 5.71 Å². The van der Waals surface area contributed by atoms with Crippen LogP contribution in [0.2, 0.25) is 0 Å². The predicted molar refractivity (Wildman–Crippen MR) is 97.0 cm³/mol. The van der Waals surface area contributed by atoms with Gasteiger partial charge in [-0.1, -0.05) is 19.0 Å². The van der Waals surface area contributed by atoms with Crippen molar-refractivity contribution in [1.82, 2.24) is 0 Å². The standard InChI is InChI=1S/C20H22N2O3/c1-15(2)20(22-23-3)17-6-10-19(11-7-17)25-13-12-24-18-8-4-16(14-21)5-9-18/h4-11,15H,12-13H2,1-3H3/b22-20-. The minimum atomic E-state index is 0.271. The lowest BCUT2D eigenvalue weighted by atomic mass is 10.0. The van der Waals surface area contributed by atoms with Gasteiger partial charge in [-0.2, -0.15) is 5.26 Å². The fraction of sp³-hybridized carbons (Fsp3) is 0.300. The van der Waals surface area contributed by atoms with Gasteiger partial charge in [0.1, 0.15) is 31.8 Å². The van der Waals surface area contributed by atoms with E-state index < -0.39 is 0 Å². The minimum absolute atomic E-state index is 0.271. The quantitative estimate of drug-likeness (QED) is 0.414. The van der Waals surface area contributed by atoms with Gasteiger partial charge in [-0.15, -0.1) is 0 Å². The van der Waals surface area contributed by atoms with Gasteiger partial charge in [-0.05, 0) is 60.0 Å². The molecule has 0 aliphatic heterocycles. The maximum Gasteiger partial charge on any atom is 0.122 e. The van der Waals surface area contributed by atoms with Gasteiger partial charge in [0, 0.05) is 0 Å². The molecule has 2 aromatic rings. The Morgan fingerprint density at radius 1 is 0.960 bits per heavy atom. The maximum atomic E-state index is 8.76. The average molecular weight is 338 g/mol. The molecule has 25 heavy (non-hydrogen) atoms. The summed E-state index contributed by atoms with van der Waals surface area (Å²) in [6, 6.07) is 16.8. The summed E-state index contributed by atoms with van der Waals surface area (Å²) in [5, 5.41) is 12.8. The van der Waals surface area contributed by atoms with E-state index in [9.17, 15) is 0 Å². The van der Waals surface area contributed by atoms with Crippen LogP contribution in [0.25, 0.3) is 0 Å². The third-order valence-corrected chi connectivity index (χ3v) is 3.49. The van der Waals surface area contributed by atoms with Gasteiger partial charge in [0.25, 0.3) is 0 Å². The van der Waals surface area contributed by atoms with Crippen molar-refractivity contribution in [2.45, 2.75) is 13.8 Å². The Labute approximate surface area is 148 Å². The lowest BCUT2D eigenvalue weighted by Gasteiger charge is -2.11. The van der Waals surface area contributed by atoms with Crippen molar-refractivity contribution in [3.63, 3.8) is 0 Å². The Hall–Kier alpha value is -3.00. The van der Waals surface area contributed by atoms with Crippen molar-refractivity contribution < 1.29 is 14.3 Å². The molecule has 0 bridgehead atoms. The third kappa shape index (κ3) is 5.54. The van der Waals surface area contributed by atoms with Crippen LogP contribution >= 0.6 is 0 Å². The van der Waals surface area contributed by atoms with Gasteiger partial charge in [0.05, 0.1) is 17.3 Å². The number of rotatable bonds is 8. The molecule has 0 unspecified atom stereocenters. The summed E-state index contributed by atoms with van der Waals surface area (Å²) < 4.78 is 11.3. The monoisotopic (exact) mass is 338 g/mol. The van der Waals surface area contributed by atoms with E-state index in [0.29, 0.717) is 18.8 Å². The topological polar surface area (TPSA) is 63.8 Å². The molecular formula is C20H22N2O3. The Bertz CT molecular complexity index is 729. The highest BCUT2D eigenvalue weighted by Crippen LogP contribution is 2.16. The number of ether oxygens (including phenoxy) is 2. The summed E-state index contributed by atoms with van der Waals surface area (Å²) in [6.45, 7) is 5.00. The first kappa shape index (κ1) is 18.3. The molecule has 0 heterocycles.